The van der Waals surface area contributed by atoms with Gasteiger partial charge in [-0.2, -0.15) is 0 Å². The lowest BCUT2D eigenvalue weighted by molar-refractivity contribution is 1.31. The summed E-state index contributed by atoms with van der Waals surface area (Å²) < 4.78 is 0. The van der Waals surface area contributed by atoms with E-state index in [0.29, 0.717) is 0 Å². The molecule has 0 aliphatic carbocycles. The van der Waals surface area contributed by atoms with E-state index in [2.05, 4.69) is 16.6 Å². The first-order chi connectivity index (χ1) is 7.36. The molecule has 2 nitrogen and oxygen atoms in total. The van der Waals surface area contributed by atoms with Crippen molar-refractivity contribution in [2.75, 3.05) is 0 Å². The first-order valence-electron chi connectivity index (χ1n) is 4.85. The molecule has 74 valence electrons. The number of benzene rings is 1. The Kier molecular flexibility index (Phi) is 2.59. The molecule has 2 aromatic rings. The molecule has 2 heteroatoms. The number of aliphatic imine (C=N–C) groups is 1. The predicted molar refractivity (Wildman–Crippen MR) is 65.7 cm³/mol. The summed E-state index contributed by atoms with van der Waals surface area (Å²) in [6.07, 6.45) is 5.35. The summed E-state index contributed by atoms with van der Waals surface area (Å²) in [7, 11) is 0. The molecule has 0 aliphatic heterocycles. The summed E-state index contributed by atoms with van der Waals surface area (Å²) in [5, 5.41) is 2.21. The zero-order chi connectivity index (χ0) is 10.7. The number of fused-ring (bicyclic) bond motifs is 1. The van der Waals surface area contributed by atoms with Crippen LogP contribution in [-0.4, -0.2) is 11.2 Å². The number of rotatable bonds is 2. The predicted octanol–water partition coefficient (Wildman–Crippen LogP) is 3.60. The van der Waals surface area contributed by atoms with Gasteiger partial charge in [0.1, 0.15) is 0 Å². The van der Waals surface area contributed by atoms with Crippen LogP contribution in [0.1, 0.15) is 12.6 Å². The van der Waals surface area contributed by atoms with Crippen LogP contribution in [0.3, 0.4) is 0 Å². The number of hydrogen-bond acceptors (Lipinski definition) is 2. The summed E-state index contributed by atoms with van der Waals surface area (Å²) >= 11 is 0. The molecule has 0 spiro atoms. The number of pyridine rings is 1. The Labute approximate surface area is 89.0 Å². The molecule has 0 N–H and O–H groups in total. The van der Waals surface area contributed by atoms with E-state index >= 15 is 0 Å². The van der Waals surface area contributed by atoms with E-state index in [1.807, 2.05) is 37.4 Å². The fraction of sp³-hybridized carbons (Fsp3) is 0.0769. The van der Waals surface area contributed by atoms with Crippen molar-refractivity contribution in [3.63, 3.8) is 0 Å². The molecule has 1 heterocycles. The van der Waals surface area contributed by atoms with Gasteiger partial charge in [-0.1, -0.05) is 30.8 Å². The standard InChI is InChI=1S/C13H12N2/c1-3-12-13(14-4-2)11-8-6-5-7-10(11)9-15-12/h3-9H,1H2,2H3. The smallest absolute Gasteiger partial charge is 0.0960 e. The van der Waals surface area contributed by atoms with Crippen LogP contribution in [0.4, 0.5) is 5.69 Å². The van der Waals surface area contributed by atoms with Crippen molar-refractivity contribution in [2.24, 2.45) is 4.99 Å². The Bertz CT molecular complexity index is 527. The molecule has 2 rings (SSSR count). The largest absolute Gasteiger partial charge is 0.259 e. The van der Waals surface area contributed by atoms with E-state index in [1.165, 1.54) is 0 Å². The van der Waals surface area contributed by atoms with Gasteiger partial charge in [-0.05, 0) is 13.0 Å². The van der Waals surface area contributed by atoms with Gasteiger partial charge in [-0.15, -0.1) is 0 Å². The number of nitrogens with zero attached hydrogens (tertiary/aromatic N) is 2. The van der Waals surface area contributed by atoms with Crippen LogP contribution >= 0.6 is 0 Å². The maximum absolute atomic E-state index is 4.35. The van der Waals surface area contributed by atoms with Crippen LogP contribution in [0.25, 0.3) is 16.8 Å². The van der Waals surface area contributed by atoms with Gasteiger partial charge in [0.25, 0.3) is 0 Å². The monoisotopic (exact) mass is 196 g/mol. The quantitative estimate of drug-likeness (QED) is 0.674. The van der Waals surface area contributed by atoms with Crippen molar-refractivity contribution >= 4 is 28.8 Å². The van der Waals surface area contributed by atoms with Crippen molar-refractivity contribution in [3.8, 4) is 0 Å². The zero-order valence-electron chi connectivity index (χ0n) is 8.64. The molecule has 0 saturated carbocycles. The van der Waals surface area contributed by atoms with Gasteiger partial charge in [0.05, 0.1) is 11.4 Å². The average molecular weight is 196 g/mol. The van der Waals surface area contributed by atoms with Gasteiger partial charge in [0, 0.05) is 23.2 Å². The van der Waals surface area contributed by atoms with Crippen LogP contribution in [0, 0.1) is 0 Å². The second-order valence-electron chi connectivity index (χ2n) is 3.17. The van der Waals surface area contributed by atoms with Crippen LogP contribution in [0.2, 0.25) is 0 Å². The third-order valence-electron chi connectivity index (χ3n) is 2.25. The summed E-state index contributed by atoms with van der Waals surface area (Å²) in [4.78, 5) is 8.66. The molecule has 0 unspecified atom stereocenters. The third kappa shape index (κ3) is 1.66. The molecule has 1 aromatic heterocycles. The fourth-order valence-electron chi connectivity index (χ4n) is 1.58. The molecule has 0 aliphatic rings. The van der Waals surface area contributed by atoms with Crippen molar-refractivity contribution in [2.45, 2.75) is 6.92 Å². The fourth-order valence-corrected chi connectivity index (χ4v) is 1.58. The maximum Gasteiger partial charge on any atom is 0.0960 e. The molecule has 1 aromatic carbocycles. The van der Waals surface area contributed by atoms with Crippen LogP contribution in [-0.2, 0) is 0 Å². The average Bonchev–Trinajstić information content (AvgIpc) is 2.30. The Hall–Kier alpha value is -1.96. The SMILES string of the molecule is C=Cc1ncc2ccccc2c1N=CC. The summed E-state index contributed by atoms with van der Waals surface area (Å²) in [5.74, 6) is 0. The first kappa shape index (κ1) is 9.59. The van der Waals surface area contributed by atoms with E-state index in [4.69, 9.17) is 0 Å². The van der Waals surface area contributed by atoms with Crippen molar-refractivity contribution < 1.29 is 0 Å². The summed E-state index contributed by atoms with van der Waals surface area (Å²) in [6, 6.07) is 8.08. The molecular formula is C13H12N2. The van der Waals surface area contributed by atoms with E-state index in [9.17, 15) is 0 Å². The topological polar surface area (TPSA) is 25.2 Å². The minimum Gasteiger partial charge on any atom is -0.259 e. The van der Waals surface area contributed by atoms with Crippen molar-refractivity contribution in [1.82, 2.24) is 4.98 Å². The van der Waals surface area contributed by atoms with Crippen LogP contribution in [0.15, 0.2) is 42.0 Å². The highest BCUT2D eigenvalue weighted by atomic mass is 14.8. The Morgan fingerprint density at radius 3 is 2.87 bits per heavy atom. The van der Waals surface area contributed by atoms with Gasteiger partial charge in [0.2, 0.25) is 0 Å². The number of aromatic nitrogens is 1. The lowest BCUT2D eigenvalue weighted by Crippen LogP contribution is -1.84. The van der Waals surface area contributed by atoms with Crippen LogP contribution < -0.4 is 0 Å². The number of hydrogen-bond donors (Lipinski definition) is 0. The van der Waals surface area contributed by atoms with Gasteiger partial charge < -0.3 is 0 Å². The lowest BCUT2D eigenvalue weighted by atomic mass is 10.1. The van der Waals surface area contributed by atoms with Crippen molar-refractivity contribution in [3.05, 3.63) is 42.7 Å². The highest BCUT2D eigenvalue weighted by Gasteiger charge is 2.03. The van der Waals surface area contributed by atoms with Crippen LogP contribution in [0.5, 0.6) is 0 Å². The first-order valence-corrected chi connectivity index (χ1v) is 4.85. The summed E-state index contributed by atoms with van der Waals surface area (Å²) in [5.41, 5.74) is 1.72. The zero-order valence-corrected chi connectivity index (χ0v) is 8.64. The van der Waals surface area contributed by atoms with E-state index < -0.39 is 0 Å². The Morgan fingerprint density at radius 2 is 2.13 bits per heavy atom. The molecular weight excluding hydrogens is 184 g/mol. The molecule has 0 saturated heterocycles. The third-order valence-corrected chi connectivity index (χ3v) is 2.25. The van der Waals surface area contributed by atoms with E-state index in [1.54, 1.807) is 12.3 Å². The molecule has 0 fully saturated rings. The minimum atomic E-state index is 0.826. The molecule has 0 atom stereocenters. The molecule has 0 bridgehead atoms. The maximum atomic E-state index is 4.35. The Balaban J connectivity index is 2.84. The molecule has 0 amide bonds. The van der Waals surface area contributed by atoms with E-state index in [-0.39, 0.29) is 0 Å². The lowest BCUT2D eigenvalue weighted by Gasteiger charge is -2.04. The normalized spacial score (nSPS) is 11.0. The van der Waals surface area contributed by atoms with Gasteiger partial charge in [0.15, 0.2) is 0 Å². The molecule has 15 heavy (non-hydrogen) atoms. The summed E-state index contributed by atoms with van der Waals surface area (Å²) in [6.45, 7) is 5.64. The minimum absolute atomic E-state index is 0.826. The second kappa shape index (κ2) is 4.05. The van der Waals surface area contributed by atoms with Crippen molar-refractivity contribution in [1.29, 1.82) is 0 Å². The van der Waals surface area contributed by atoms with Gasteiger partial charge in [-0.25, -0.2) is 0 Å². The molecule has 0 radical (unpaired) electrons. The highest BCUT2D eigenvalue weighted by molar-refractivity contribution is 5.95. The van der Waals surface area contributed by atoms with Gasteiger partial charge in [-0.3, -0.25) is 9.98 Å². The van der Waals surface area contributed by atoms with Gasteiger partial charge >= 0.3 is 0 Å². The second-order valence-corrected chi connectivity index (χ2v) is 3.17. The highest BCUT2D eigenvalue weighted by Crippen LogP contribution is 2.28. The Morgan fingerprint density at radius 1 is 1.33 bits per heavy atom. The van der Waals surface area contributed by atoms with E-state index in [0.717, 1.165) is 22.2 Å².